The zero-order valence-corrected chi connectivity index (χ0v) is 14.8. The summed E-state index contributed by atoms with van der Waals surface area (Å²) in [5.74, 6) is 0.969. The Morgan fingerprint density at radius 2 is 1.92 bits per heavy atom. The second-order valence-electron chi connectivity index (χ2n) is 5.98. The molecule has 1 saturated heterocycles. The Kier molecular flexibility index (Phi) is 5.30. The molecule has 24 heavy (non-hydrogen) atoms. The second-order valence-corrected chi connectivity index (χ2v) is 6.37. The van der Waals surface area contributed by atoms with Crippen LogP contribution < -0.4 is 4.90 Å². The lowest BCUT2D eigenvalue weighted by Gasteiger charge is -2.36. The third-order valence-electron chi connectivity index (χ3n) is 4.36. The van der Waals surface area contributed by atoms with Crippen molar-refractivity contribution in [2.75, 3.05) is 31.1 Å². The zero-order chi connectivity index (χ0) is 16.9. The van der Waals surface area contributed by atoms with Crippen molar-refractivity contribution in [1.29, 1.82) is 0 Å². The molecule has 0 saturated carbocycles. The molecule has 6 nitrogen and oxygen atoms in total. The fourth-order valence-corrected chi connectivity index (χ4v) is 3.23. The molecule has 2 aromatic rings. The number of H-pyrrole nitrogens is 1. The van der Waals surface area contributed by atoms with E-state index in [1.807, 2.05) is 27.7 Å². The molecule has 1 N–H and O–H groups in total. The minimum Gasteiger partial charge on any atom is -0.368 e. The standard InChI is InChI=1S/C17H23N5OS/c1-2-6-15-18-19-17(24)22(15)13-16(23)21-11-9-20(10-12-21)14-7-4-3-5-8-14/h3-5,7-8H,2,6,9-13H2,1H3,(H,19,24). The van der Waals surface area contributed by atoms with Gasteiger partial charge in [-0.15, -0.1) is 0 Å². The maximum absolute atomic E-state index is 12.6. The maximum atomic E-state index is 12.6. The number of aromatic amines is 1. The molecular formula is C17H23N5OS. The fraction of sp³-hybridized carbons (Fsp3) is 0.471. The highest BCUT2D eigenvalue weighted by Crippen LogP contribution is 2.16. The van der Waals surface area contributed by atoms with E-state index in [1.165, 1.54) is 5.69 Å². The lowest BCUT2D eigenvalue weighted by molar-refractivity contribution is -0.132. The summed E-state index contributed by atoms with van der Waals surface area (Å²) >= 11 is 5.26. The average Bonchev–Trinajstić information content (AvgIpc) is 2.96. The van der Waals surface area contributed by atoms with E-state index in [4.69, 9.17) is 12.2 Å². The predicted octanol–water partition coefficient (Wildman–Crippen LogP) is 2.24. The summed E-state index contributed by atoms with van der Waals surface area (Å²) in [4.78, 5) is 16.9. The van der Waals surface area contributed by atoms with Crippen LogP contribution in [0.3, 0.4) is 0 Å². The quantitative estimate of drug-likeness (QED) is 0.845. The van der Waals surface area contributed by atoms with Gasteiger partial charge in [0.2, 0.25) is 5.91 Å². The average molecular weight is 345 g/mol. The molecule has 0 bridgehead atoms. The molecule has 1 aliphatic heterocycles. The first-order valence-corrected chi connectivity index (χ1v) is 8.81. The van der Waals surface area contributed by atoms with Gasteiger partial charge in [-0.2, -0.15) is 5.10 Å². The first-order valence-electron chi connectivity index (χ1n) is 8.41. The maximum Gasteiger partial charge on any atom is 0.242 e. The second kappa shape index (κ2) is 7.61. The predicted molar refractivity (Wildman–Crippen MR) is 96.6 cm³/mol. The van der Waals surface area contributed by atoms with E-state index >= 15 is 0 Å². The highest BCUT2D eigenvalue weighted by atomic mass is 32.1. The number of nitrogens with one attached hydrogen (secondary N) is 1. The van der Waals surface area contributed by atoms with E-state index in [0.29, 0.717) is 4.77 Å². The Bertz CT molecular complexity index is 731. The number of rotatable bonds is 5. The number of hydrogen-bond acceptors (Lipinski definition) is 4. The Balaban J connectivity index is 1.60. The van der Waals surface area contributed by atoms with Gasteiger partial charge < -0.3 is 9.80 Å². The number of anilines is 1. The number of amides is 1. The van der Waals surface area contributed by atoms with Crippen molar-refractivity contribution >= 4 is 23.8 Å². The van der Waals surface area contributed by atoms with Gasteiger partial charge in [-0.05, 0) is 30.8 Å². The lowest BCUT2D eigenvalue weighted by Crippen LogP contribution is -2.49. The smallest absolute Gasteiger partial charge is 0.242 e. The van der Waals surface area contributed by atoms with Crippen LogP contribution in [-0.2, 0) is 17.8 Å². The van der Waals surface area contributed by atoms with Crippen LogP contribution in [0.15, 0.2) is 30.3 Å². The van der Waals surface area contributed by atoms with E-state index in [-0.39, 0.29) is 12.5 Å². The monoisotopic (exact) mass is 345 g/mol. The number of hydrogen-bond donors (Lipinski definition) is 1. The molecule has 1 aliphatic rings. The molecule has 0 unspecified atom stereocenters. The number of benzene rings is 1. The fourth-order valence-electron chi connectivity index (χ4n) is 3.02. The summed E-state index contributed by atoms with van der Waals surface area (Å²) in [6.45, 7) is 5.55. The highest BCUT2D eigenvalue weighted by molar-refractivity contribution is 7.71. The number of para-hydroxylation sites is 1. The van der Waals surface area contributed by atoms with E-state index in [1.54, 1.807) is 0 Å². The van der Waals surface area contributed by atoms with Gasteiger partial charge in [0.15, 0.2) is 4.77 Å². The van der Waals surface area contributed by atoms with Crippen molar-refractivity contribution in [3.05, 3.63) is 40.9 Å². The first-order chi connectivity index (χ1) is 11.7. The third kappa shape index (κ3) is 3.67. The summed E-state index contributed by atoms with van der Waals surface area (Å²) in [6.07, 6.45) is 1.80. The Morgan fingerprint density at radius 1 is 1.21 bits per heavy atom. The Labute approximate surface area is 147 Å². The molecule has 1 amide bonds. The van der Waals surface area contributed by atoms with E-state index in [9.17, 15) is 4.79 Å². The number of nitrogens with zero attached hydrogens (tertiary/aromatic N) is 4. The van der Waals surface area contributed by atoms with Gasteiger partial charge in [0.1, 0.15) is 12.4 Å². The molecule has 3 rings (SSSR count). The number of carbonyl (C=O) groups excluding carboxylic acids is 1. The van der Waals surface area contributed by atoms with Crippen LogP contribution in [0.5, 0.6) is 0 Å². The van der Waals surface area contributed by atoms with E-state index in [0.717, 1.165) is 44.8 Å². The summed E-state index contributed by atoms with van der Waals surface area (Å²) in [5.41, 5.74) is 1.21. The Hall–Kier alpha value is -2.15. The van der Waals surface area contributed by atoms with Gasteiger partial charge >= 0.3 is 0 Å². The molecule has 7 heteroatoms. The summed E-state index contributed by atoms with van der Waals surface area (Å²) < 4.78 is 2.35. The van der Waals surface area contributed by atoms with Crippen molar-refractivity contribution < 1.29 is 4.79 Å². The number of piperazine rings is 1. The van der Waals surface area contributed by atoms with Crippen molar-refractivity contribution in [2.24, 2.45) is 0 Å². The number of carbonyl (C=O) groups is 1. The van der Waals surface area contributed by atoms with Crippen LogP contribution in [-0.4, -0.2) is 51.8 Å². The van der Waals surface area contributed by atoms with Gasteiger partial charge in [0.05, 0.1) is 0 Å². The summed E-state index contributed by atoms with van der Waals surface area (Å²) in [7, 11) is 0. The zero-order valence-electron chi connectivity index (χ0n) is 13.9. The van der Waals surface area contributed by atoms with Gasteiger partial charge in [0.25, 0.3) is 0 Å². The largest absolute Gasteiger partial charge is 0.368 e. The van der Waals surface area contributed by atoms with Crippen molar-refractivity contribution in [1.82, 2.24) is 19.7 Å². The van der Waals surface area contributed by atoms with Crippen molar-refractivity contribution in [2.45, 2.75) is 26.3 Å². The van der Waals surface area contributed by atoms with E-state index < -0.39 is 0 Å². The van der Waals surface area contributed by atoms with Gasteiger partial charge in [-0.25, -0.2) is 0 Å². The molecule has 0 atom stereocenters. The van der Waals surface area contributed by atoms with Crippen LogP contribution >= 0.6 is 12.2 Å². The van der Waals surface area contributed by atoms with Crippen LogP contribution in [0.2, 0.25) is 0 Å². The number of aromatic nitrogens is 3. The minimum absolute atomic E-state index is 0.109. The molecule has 1 fully saturated rings. The summed E-state index contributed by atoms with van der Waals surface area (Å²) in [6, 6.07) is 10.3. The third-order valence-corrected chi connectivity index (χ3v) is 4.67. The first kappa shape index (κ1) is 16.7. The highest BCUT2D eigenvalue weighted by Gasteiger charge is 2.22. The lowest BCUT2D eigenvalue weighted by atomic mass is 10.2. The van der Waals surface area contributed by atoms with Crippen LogP contribution in [0.1, 0.15) is 19.2 Å². The SMILES string of the molecule is CCCc1n[nH]c(=S)n1CC(=O)N1CCN(c2ccccc2)CC1. The molecular weight excluding hydrogens is 322 g/mol. The van der Waals surface area contributed by atoms with Gasteiger partial charge in [0, 0.05) is 38.3 Å². The van der Waals surface area contributed by atoms with Crippen LogP contribution in [0.4, 0.5) is 5.69 Å². The molecule has 0 radical (unpaired) electrons. The molecule has 128 valence electrons. The molecule has 1 aromatic carbocycles. The van der Waals surface area contributed by atoms with Crippen molar-refractivity contribution in [3.63, 3.8) is 0 Å². The van der Waals surface area contributed by atoms with E-state index in [2.05, 4.69) is 34.2 Å². The van der Waals surface area contributed by atoms with Crippen LogP contribution in [0.25, 0.3) is 0 Å². The van der Waals surface area contributed by atoms with Gasteiger partial charge in [-0.3, -0.25) is 14.5 Å². The topological polar surface area (TPSA) is 57.2 Å². The van der Waals surface area contributed by atoms with Gasteiger partial charge in [-0.1, -0.05) is 25.1 Å². The molecule has 1 aromatic heterocycles. The van der Waals surface area contributed by atoms with Crippen molar-refractivity contribution in [3.8, 4) is 0 Å². The molecule has 2 heterocycles. The minimum atomic E-state index is 0.109. The molecule has 0 aliphatic carbocycles. The molecule has 0 spiro atoms. The number of aryl methyl sites for hydroxylation is 1. The van der Waals surface area contributed by atoms with Crippen LogP contribution in [0, 0.1) is 4.77 Å². The summed E-state index contributed by atoms with van der Waals surface area (Å²) in [5, 5.41) is 7.02. The normalized spacial score (nSPS) is 14.9. The Morgan fingerprint density at radius 3 is 2.58 bits per heavy atom.